The number of anilines is 2. The van der Waals surface area contributed by atoms with E-state index in [4.69, 9.17) is 0 Å². The molecule has 154 valence electrons. The van der Waals surface area contributed by atoms with E-state index in [1.54, 1.807) is 0 Å². The second-order valence-corrected chi connectivity index (χ2v) is 8.55. The minimum Gasteiger partial charge on any atom is -0.370 e. The summed E-state index contributed by atoms with van der Waals surface area (Å²) in [6, 6.07) is 12.7. The molecule has 2 saturated heterocycles. The summed E-state index contributed by atoms with van der Waals surface area (Å²) in [4.78, 5) is 25.9. The molecule has 0 aliphatic carbocycles. The maximum Gasteiger partial charge on any atom is 0.228 e. The van der Waals surface area contributed by atoms with E-state index in [1.807, 2.05) is 24.7 Å². The Labute approximate surface area is 176 Å². The lowest BCUT2D eigenvalue weighted by Gasteiger charge is -2.41. The SMILES string of the molecule is CN1CCC(C(=O)Nc2cc3cc(N4CC(c5ccncc5)C4)ccc3cn2)CC1. The summed E-state index contributed by atoms with van der Waals surface area (Å²) in [5.41, 5.74) is 2.57. The Bertz CT molecular complexity index is 1040. The van der Waals surface area contributed by atoms with Gasteiger partial charge in [0.05, 0.1) is 0 Å². The third kappa shape index (κ3) is 3.87. The van der Waals surface area contributed by atoms with Crippen molar-refractivity contribution < 1.29 is 4.79 Å². The molecule has 0 saturated carbocycles. The van der Waals surface area contributed by atoms with E-state index in [0.29, 0.717) is 11.7 Å². The Morgan fingerprint density at radius 2 is 1.80 bits per heavy atom. The molecule has 0 atom stereocenters. The standard InChI is InChI=1S/C24H27N5O/c1-28-10-6-18(7-11-28)24(30)27-23-13-20-12-22(3-2-19(20)14-26-23)29-15-21(16-29)17-4-8-25-9-5-17/h2-5,8-9,12-14,18,21H,6-7,10-11,15-16H2,1H3,(H,26,27,30). The molecule has 3 aromatic rings. The highest BCUT2D eigenvalue weighted by molar-refractivity contribution is 5.94. The first-order valence-corrected chi connectivity index (χ1v) is 10.7. The molecule has 4 heterocycles. The van der Waals surface area contributed by atoms with Crippen LogP contribution in [0.4, 0.5) is 11.5 Å². The molecule has 2 aromatic heterocycles. The first-order valence-electron chi connectivity index (χ1n) is 10.7. The molecule has 0 spiro atoms. The van der Waals surface area contributed by atoms with Gasteiger partial charge in [0, 0.05) is 54.6 Å². The molecule has 5 rings (SSSR count). The summed E-state index contributed by atoms with van der Waals surface area (Å²) in [6.45, 7) is 3.98. The van der Waals surface area contributed by atoms with Crippen LogP contribution in [0.1, 0.15) is 24.3 Å². The lowest BCUT2D eigenvalue weighted by molar-refractivity contribution is -0.121. The van der Waals surface area contributed by atoms with Crippen LogP contribution in [0.15, 0.2) is 55.0 Å². The number of rotatable bonds is 4. The van der Waals surface area contributed by atoms with Gasteiger partial charge in [-0.25, -0.2) is 4.98 Å². The zero-order valence-electron chi connectivity index (χ0n) is 17.3. The van der Waals surface area contributed by atoms with Gasteiger partial charge < -0.3 is 15.1 Å². The van der Waals surface area contributed by atoms with E-state index in [2.05, 4.69) is 62.5 Å². The molecule has 2 aliphatic rings. The van der Waals surface area contributed by atoms with Crippen molar-refractivity contribution >= 4 is 28.2 Å². The Hall–Kier alpha value is -2.99. The second kappa shape index (κ2) is 8.03. The molecule has 30 heavy (non-hydrogen) atoms. The molecular formula is C24H27N5O. The van der Waals surface area contributed by atoms with Crippen molar-refractivity contribution in [2.45, 2.75) is 18.8 Å². The van der Waals surface area contributed by atoms with Crippen molar-refractivity contribution in [2.75, 3.05) is 43.4 Å². The van der Waals surface area contributed by atoms with Crippen LogP contribution in [0.3, 0.4) is 0 Å². The number of benzene rings is 1. The third-order valence-corrected chi connectivity index (χ3v) is 6.47. The highest BCUT2D eigenvalue weighted by atomic mass is 16.1. The van der Waals surface area contributed by atoms with E-state index >= 15 is 0 Å². The summed E-state index contributed by atoms with van der Waals surface area (Å²) in [5.74, 6) is 1.37. The first kappa shape index (κ1) is 19.0. The predicted molar refractivity (Wildman–Crippen MR) is 120 cm³/mol. The van der Waals surface area contributed by atoms with Crippen LogP contribution in [-0.2, 0) is 4.79 Å². The van der Waals surface area contributed by atoms with Gasteiger partial charge in [0.2, 0.25) is 5.91 Å². The number of carbonyl (C=O) groups excluding carboxylic acids is 1. The van der Waals surface area contributed by atoms with E-state index in [0.717, 1.165) is 49.8 Å². The zero-order chi connectivity index (χ0) is 20.5. The summed E-state index contributed by atoms with van der Waals surface area (Å²) < 4.78 is 0. The molecular weight excluding hydrogens is 374 g/mol. The van der Waals surface area contributed by atoms with Crippen molar-refractivity contribution in [3.63, 3.8) is 0 Å². The van der Waals surface area contributed by atoms with E-state index < -0.39 is 0 Å². The highest BCUT2D eigenvalue weighted by Crippen LogP contribution is 2.33. The minimum atomic E-state index is 0.0799. The van der Waals surface area contributed by atoms with Crippen LogP contribution in [0.25, 0.3) is 10.8 Å². The molecule has 1 amide bonds. The highest BCUT2D eigenvalue weighted by Gasteiger charge is 2.28. The first-order chi connectivity index (χ1) is 14.7. The Balaban J connectivity index is 1.27. The number of piperidine rings is 1. The van der Waals surface area contributed by atoms with Crippen LogP contribution in [-0.4, -0.2) is 54.0 Å². The average Bonchev–Trinajstić information content (AvgIpc) is 2.74. The van der Waals surface area contributed by atoms with Crippen molar-refractivity contribution in [2.24, 2.45) is 5.92 Å². The topological polar surface area (TPSA) is 61.4 Å². The van der Waals surface area contributed by atoms with Gasteiger partial charge in [-0.05, 0) is 74.3 Å². The monoisotopic (exact) mass is 401 g/mol. The van der Waals surface area contributed by atoms with Crippen LogP contribution in [0, 0.1) is 5.92 Å². The van der Waals surface area contributed by atoms with E-state index in [9.17, 15) is 4.79 Å². The normalized spacial score (nSPS) is 18.4. The summed E-state index contributed by atoms with van der Waals surface area (Å²) in [5, 5.41) is 5.23. The number of amides is 1. The molecule has 1 N–H and O–H groups in total. The van der Waals surface area contributed by atoms with Gasteiger partial charge in [0.15, 0.2) is 0 Å². The van der Waals surface area contributed by atoms with Crippen molar-refractivity contribution in [1.82, 2.24) is 14.9 Å². The zero-order valence-corrected chi connectivity index (χ0v) is 17.3. The number of nitrogens with zero attached hydrogens (tertiary/aromatic N) is 4. The number of hydrogen-bond donors (Lipinski definition) is 1. The maximum atomic E-state index is 12.6. The third-order valence-electron chi connectivity index (χ3n) is 6.47. The van der Waals surface area contributed by atoms with Gasteiger partial charge in [0.25, 0.3) is 0 Å². The molecule has 1 aromatic carbocycles. The predicted octanol–water partition coefficient (Wildman–Crippen LogP) is 3.51. The lowest BCUT2D eigenvalue weighted by atomic mass is 9.91. The lowest BCUT2D eigenvalue weighted by Crippen LogP contribution is -2.45. The Kier molecular flexibility index (Phi) is 5.09. The van der Waals surface area contributed by atoms with Crippen molar-refractivity contribution in [1.29, 1.82) is 0 Å². The fourth-order valence-corrected chi connectivity index (χ4v) is 4.43. The fraction of sp³-hybridized carbons (Fsp3) is 0.375. The van der Waals surface area contributed by atoms with Crippen LogP contribution >= 0.6 is 0 Å². The number of likely N-dealkylation sites (tertiary alicyclic amines) is 1. The maximum absolute atomic E-state index is 12.6. The second-order valence-electron chi connectivity index (χ2n) is 8.55. The molecule has 2 fully saturated rings. The minimum absolute atomic E-state index is 0.0799. The molecule has 0 radical (unpaired) electrons. The smallest absolute Gasteiger partial charge is 0.228 e. The summed E-state index contributed by atoms with van der Waals surface area (Å²) in [7, 11) is 2.11. The molecule has 0 unspecified atom stereocenters. The quantitative estimate of drug-likeness (QED) is 0.725. The number of nitrogens with one attached hydrogen (secondary N) is 1. The Morgan fingerprint density at radius 3 is 2.57 bits per heavy atom. The van der Waals surface area contributed by atoms with Gasteiger partial charge >= 0.3 is 0 Å². The number of aromatic nitrogens is 2. The van der Waals surface area contributed by atoms with Crippen LogP contribution in [0.2, 0.25) is 0 Å². The summed E-state index contributed by atoms with van der Waals surface area (Å²) >= 11 is 0. The van der Waals surface area contributed by atoms with Gasteiger partial charge in [0.1, 0.15) is 5.82 Å². The van der Waals surface area contributed by atoms with Gasteiger partial charge in [-0.15, -0.1) is 0 Å². The van der Waals surface area contributed by atoms with Gasteiger partial charge in [-0.3, -0.25) is 9.78 Å². The van der Waals surface area contributed by atoms with Crippen molar-refractivity contribution in [3.8, 4) is 0 Å². The average molecular weight is 402 g/mol. The van der Waals surface area contributed by atoms with Crippen LogP contribution < -0.4 is 10.2 Å². The largest absolute Gasteiger partial charge is 0.370 e. The van der Waals surface area contributed by atoms with E-state index in [1.165, 1.54) is 11.3 Å². The number of fused-ring (bicyclic) bond motifs is 1. The number of pyridine rings is 2. The molecule has 6 nitrogen and oxygen atoms in total. The molecule has 0 bridgehead atoms. The molecule has 6 heteroatoms. The number of hydrogen-bond acceptors (Lipinski definition) is 5. The Morgan fingerprint density at radius 1 is 1.03 bits per heavy atom. The fourth-order valence-electron chi connectivity index (χ4n) is 4.43. The van der Waals surface area contributed by atoms with Crippen molar-refractivity contribution in [3.05, 3.63) is 60.6 Å². The van der Waals surface area contributed by atoms with Crippen LogP contribution in [0.5, 0.6) is 0 Å². The van der Waals surface area contributed by atoms with E-state index in [-0.39, 0.29) is 11.8 Å². The van der Waals surface area contributed by atoms with Gasteiger partial charge in [-0.2, -0.15) is 0 Å². The van der Waals surface area contributed by atoms with Gasteiger partial charge in [-0.1, -0.05) is 6.07 Å². The molecule has 2 aliphatic heterocycles. The summed E-state index contributed by atoms with van der Waals surface area (Å²) in [6.07, 6.45) is 7.39. The number of carbonyl (C=O) groups is 1.